The summed E-state index contributed by atoms with van der Waals surface area (Å²) in [4.78, 5) is 12.1. The lowest BCUT2D eigenvalue weighted by Crippen LogP contribution is -2.20. The molecule has 4 heteroatoms. The molecule has 4 nitrogen and oxygen atoms in total. The number of rotatable bonds is 4. The summed E-state index contributed by atoms with van der Waals surface area (Å²) in [5.74, 6) is -0.155. The van der Waals surface area contributed by atoms with Gasteiger partial charge in [0.15, 0.2) is 11.9 Å². The Morgan fingerprint density at radius 1 is 1.05 bits per heavy atom. The van der Waals surface area contributed by atoms with Crippen molar-refractivity contribution in [1.82, 2.24) is 0 Å². The van der Waals surface area contributed by atoms with Crippen molar-refractivity contribution >= 4 is 11.7 Å². The van der Waals surface area contributed by atoms with Crippen molar-refractivity contribution in [3.8, 4) is 5.75 Å². The molecule has 0 aliphatic heterocycles. The fourth-order valence-corrected chi connectivity index (χ4v) is 1.73. The summed E-state index contributed by atoms with van der Waals surface area (Å²) in [5.41, 5.74) is 6.89. The van der Waals surface area contributed by atoms with E-state index in [2.05, 4.69) is 0 Å². The van der Waals surface area contributed by atoms with Crippen LogP contribution in [0.2, 0.25) is 0 Å². The average Bonchev–Trinajstić information content (AvgIpc) is 2.43. The highest BCUT2D eigenvalue weighted by Gasteiger charge is 2.22. The second-order valence-electron chi connectivity index (χ2n) is 3.99. The quantitative estimate of drug-likeness (QED) is 0.519. The average molecular weight is 257 g/mol. The van der Waals surface area contributed by atoms with Gasteiger partial charge in [0.2, 0.25) is 0 Å². The molecule has 0 spiro atoms. The van der Waals surface area contributed by atoms with Crippen molar-refractivity contribution in [3.05, 3.63) is 60.2 Å². The van der Waals surface area contributed by atoms with E-state index in [-0.39, 0.29) is 0 Å². The SMILES string of the molecule is COC(C(=O)Oc1ccccc1N)c1ccccc1. The van der Waals surface area contributed by atoms with Gasteiger partial charge in [-0.15, -0.1) is 0 Å². The van der Waals surface area contributed by atoms with E-state index < -0.39 is 12.1 Å². The van der Waals surface area contributed by atoms with Crippen LogP contribution in [0.1, 0.15) is 11.7 Å². The zero-order valence-corrected chi connectivity index (χ0v) is 10.6. The van der Waals surface area contributed by atoms with Crippen molar-refractivity contribution < 1.29 is 14.3 Å². The Balaban J connectivity index is 2.17. The van der Waals surface area contributed by atoms with Gasteiger partial charge in [-0.3, -0.25) is 0 Å². The van der Waals surface area contributed by atoms with Gasteiger partial charge in [0, 0.05) is 7.11 Å². The molecule has 1 unspecified atom stereocenters. The van der Waals surface area contributed by atoms with Gasteiger partial charge in [0.25, 0.3) is 0 Å². The Morgan fingerprint density at radius 2 is 1.68 bits per heavy atom. The molecule has 0 saturated heterocycles. The lowest BCUT2D eigenvalue weighted by atomic mass is 10.1. The minimum Gasteiger partial charge on any atom is -0.422 e. The van der Waals surface area contributed by atoms with Crippen molar-refractivity contribution in [1.29, 1.82) is 0 Å². The molecule has 2 rings (SSSR count). The van der Waals surface area contributed by atoms with Crippen LogP contribution in [0.15, 0.2) is 54.6 Å². The molecule has 0 radical (unpaired) electrons. The Bertz CT molecular complexity index is 554. The summed E-state index contributed by atoms with van der Waals surface area (Å²) in [7, 11) is 1.47. The van der Waals surface area contributed by atoms with Crippen LogP contribution in [0.25, 0.3) is 0 Å². The van der Waals surface area contributed by atoms with Gasteiger partial charge in [-0.2, -0.15) is 0 Å². The van der Waals surface area contributed by atoms with E-state index in [4.69, 9.17) is 15.2 Å². The number of methoxy groups -OCH3 is 1. The minimum absolute atomic E-state index is 0.338. The molecule has 0 aromatic heterocycles. The van der Waals surface area contributed by atoms with Gasteiger partial charge < -0.3 is 15.2 Å². The minimum atomic E-state index is -0.763. The molecule has 0 fully saturated rings. The number of nitrogen functional groups attached to an aromatic ring is 1. The zero-order valence-electron chi connectivity index (χ0n) is 10.6. The molecular weight excluding hydrogens is 242 g/mol. The molecule has 2 N–H and O–H groups in total. The van der Waals surface area contributed by atoms with Crippen LogP contribution in [-0.2, 0) is 9.53 Å². The first-order valence-electron chi connectivity index (χ1n) is 5.86. The van der Waals surface area contributed by atoms with Crippen LogP contribution in [0.3, 0.4) is 0 Å². The number of benzene rings is 2. The standard InChI is InChI=1S/C15H15NO3/c1-18-14(11-7-3-2-4-8-11)15(17)19-13-10-6-5-9-12(13)16/h2-10,14H,16H2,1H3. The Labute approximate surface area is 111 Å². The first kappa shape index (κ1) is 13.1. The maximum Gasteiger partial charge on any atom is 0.345 e. The van der Waals surface area contributed by atoms with Gasteiger partial charge >= 0.3 is 5.97 Å². The van der Waals surface area contributed by atoms with Gasteiger partial charge in [-0.25, -0.2) is 4.79 Å². The second-order valence-corrected chi connectivity index (χ2v) is 3.99. The van der Waals surface area contributed by atoms with E-state index >= 15 is 0 Å². The fraction of sp³-hybridized carbons (Fsp3) is 0.133. The number of ether oxygens (including phenoxy) is 2. The third kappa shape index (κ3) is 3.11. The fourth-order valence-electron chi connectivity index (χ4n) is 1.73. The third-order valence-corrected chi connectivity index (χ3v) is 2.68. The molecule has 0 bridgehead atoms. The summed E-state index contributed by atoms with van der Waals surface area (Å²) >= 11 is 0. The lowest BCUT2D eigenvalue weighted by Gasteiger charge is -2.15. The number of carbonyl (C=O) groups is 1. The topological polar surface area (TPSA) is 61.5 Å². The highest BCUT2D eigenvalue weighted by molar-refractivity contribution is 5.80. The molecular formula is C15H15NO3. The monoisotopic (exact) mass is 257 g/mol. The number of para-hydroxylation sites is 2. The van der Waals surface area contributed by atoms with Crippen molar-refractivity contribution in [2.24, 2.45) is 0 Å². The normalized spacial score (nSPS) is 11.8. The summed E-state index contributed by atoms with van der Waals surface area (Å²) in [6.07, 6.45) is -0.763. The molecule has 1 atom stereocenters. The van der Waals surface area contributed by atoms with E-state index in [1.165, 1.54) is 7.11 Å². The highest BCUT2D eigenvalue weighted by Crippen LogP contribution is 2.24. The maximum atomic E-state index is 12.1. The number of nitrogens with two attached hydrogens (primary N) is 1. The van der Waals surface area contributed by atoms with Crippen LogP contribution < -0.4 is 10.5 Å². The smallest absolute Gasteiger partial charge is 0.345 e. The summed E-state index contributed by atoms with van der Waals surface area (Å²) in [6.45, 7) is 0. The summed E-state index contributed by atoms with van der Waals surface area (Å²) in [5, 5.41) is 0. The third-order valence-electron chi connectivity index (χ3n) is 2.68. The molecule has 0 heterocycles. The van der Waals surface area contributed by atoms with Crippen LogP contribution in [0, 0.1) is 0 Å². The highest BCUT2D eigenvalue weighted by atomic mass is 16.6. The van der Waals surface area contributed by atoms with Crippen molar-refractivity contribution in [2.75, 3.05) is 12.8 Å². The van der Waals surface area contributed by atoms with E-state index in [0.29, 0.717) is 11.4 Å². The first-order chi connectivity index (χ1) is 9.22. The van der Waals surface area contributed by atoms with Crippen molar-refractivity contribution in [2.45, 2.75) is 6.10 Å². The van der Waals surface area contributed by atoms with E-state index in [9.17, 15) is 4.79 Å². The van der Waals surface area contributed by atoms with Crippen molar-refractivity contribution in [3.63, 3.8) is 0 Å². The lowest BCUT2D eigenvalue weighted by molar-refractivity contribution is -0.145. The number of carbonyl (C=O) groups excluding carboxylic acids is 1. The Hall–Kier alpha value is -2.33. The second kappa shape index (κ2) is 6.02. The first-order valence-corrected chi connectivity index (χ1v) is 5.86. The molecule has 0 amide bonds. The molecule has 0 saturated carbocycles. The summed E-state index contributed by atoms with van der Waals surface area (Å²) < 4.78 is 10.5. The van der Waals surface area contributed by atoms with E-state index in [1.807, 2.05) is 30.3 Å². The predicted molar refractivity (Wildman–Crippen MR) is 72.7 cm³/mol. The van der Waals surface area contributed by atoms with Crippen LogP contribution in [-0.4, -0.2) is 13.1 Å². The largest absolute Gasteiger partial charge is 0.422 e. The maximum absolute atomic E-state index is 12.1. The number of esters is 1. The Kier molecular flexibility index (Phi) is 4.15. The van der Waals surface area contributed by atoms with Gasteiger partial charge in [0.05, 0.1) is 5.69 Å². The van der Waals surface area contributed by atoms with Crippen LogP contribution >= 0.6 is 0 Å². The molecule has 0 aliphatic carbocycles. The zero-order chi connectivity index (χ0) is 13.7. The van der Waals surface area contributed by atoms with Gasteiger partial charge in [-0.05, 0) is 17.7 Å². The predicted octanol–water partition coefficient (Wildman–Crippen LogP) is 2.56. The van der Waals surface area contributed by atoms with E-state index in [1.54, 1.807) is 24.3 Å². The molecule has 0 aliphatic rings. The van der Waals surface area contributed by atoms with E-state index in [0.717, 1.165) is 5.56 Å². The molecule has 98 valence electrons. The van der Waals surface area contributed by atoms with Crippen LogP contribution in [0.4, 0.5) is 5.69 Å². The molecule has 2 aromatic carbocycles. The molecule has 19 heavy (non-hydrogen) atoms. The summed E-state index contributed by atoms with van der Waals surface area (Å²) in [6, 6.07) is 16.0. The van der Waals surface area contributed by atoms with Gasteiger partial charge in [0.1, 0.15) is 0 Å². The number of hydrogen-bond donors (Lipinski definition) is 1. The van der Waals surface area contributed by atoms with Gasteiger partial charge in [-0.1, -0.05) is 42.5 Å². The number of hydrogen-bond acceptors (Lipinski definition) is 4. The number of anilines is 1. The van der Waals surface area contributed by atoms with Crippen LogP contribution in [0.5, 0.6) is 5.75 Å². The molecule has 2 aromatic rings. The Morgan fingerprint density at radius 3 is 2.32 bits per heavy atom.